The molecule has 12 nitrogen and oxygen atoms in total. The Balaban J connectivity index is 2.53. The number of aliphatic carboxylic acids is 1. The second kappa shape index (κ2) is 12.4. The molecule has 0 saturated heterocycles. The van der Waals surface area contributed by atoms with Crippen LogP contribution in [0.1, 0.15) is 12.0 Å². The largest absolute Gasteiger partial charge is 0.508 e. The van der Waals surface area contributed by atoms with Gasteiger partial charge < -0.3 is 37.6 Å². The van der Waals surface area contributed by atoms with E-state index in [-0.39, 0.29) is 17.9 Å². The van der Waals surface area contributed by atoms with Crippen LogP contribution in [-0.2, 0) is 30.4 Å². The molecule has 170 valence electrons. The third-order valence-electron chi connectivity index (χ3n) is 4.01. The Bertz CT molecular complexity index is 818. The molecule has 13 heteroatoms. The van der Waals surface area contributed by atoms with Crippen molar-refractivity contribution in [2.24, 2.45) is 11.5 Å². The van der Waals surface area contributed by atoms with E-state index in [0.29, 0.717) is 5.56 Å². The quantitative estimate of drug-likeness (QED) is 0.154. The van der Waals surface area contributed by atoms with Crippen LogP contribution in [0.3, 0.4) is 0 Å². The summed E-state index contributed by atoms with van der Waals surface area (Å²) in [5.74, 6) is -4.72. The Morgan fingerprint density at radius 2 is 1.61 bits per heavy atom. The summed E-state index contributed by atoms with van der Waals surface area (Å²) in [5.41, 5.74) is 11.4. The lowest BCUT2D eigenvalue weighted by Crippen LogP contribution is -2.55. The Hall–Kier alpha value is -3.32. The van der Waals surface area contributed by atoms with Gasteiger partial charge in [0.05, 0.1) is 19.0 Å². The average Bonchev–Trinajstić information content (AvgIpc) is 2.70. The number of phenols is 1. The Morgan fingerprint density at radius 1 is 1.00 bits per heavy atom. The van der Waals surface area contributed by atoms with Crippen LogP contribution in [0.25, 0.3) is 0 Å². The van der Waals surface area contributed by atoms with E-state index < -0.39 is 60.7 Å². The maximum absolute atomic E-state index is 12.2. The number of thiol groups is 1. The summed E-state index contributed by atoms with van der Waals surface area (Å²) in [6.45, 7) is -0.483. The number of carboxylic acid groups (broad SMARTS) is 1. The molecule has 0 spiro atoms. The van der Waals surface area contributed by atoms with Gasteiger partial charge in [0.15, 0.2) is 0 Å². The van der Waals surface area contributed by atoms with Gasteiger partial charge in [0.1, 0.15) is 17.8 Å². The smallest absolute Gasteiger partial charge is 0.326 e. The summed E-state index contributed by atoms with van der Waals surface area (Å²) in [7, 11) is 0. The molecule has 3 unspecified atom stereocenters. The van der Waals surface area contributed by atoms with Crippen LogP contribution in [0, 0.1) is 0 Å². The number of aromatic hydroxyl groups is 1. The van der Waals surface area contributed by atoms with Gasteiger partial charge in [0.25, 0.3) is 0 Å². The highest BCUT2D eigenvalue weighted by Crippen LogP contribution is 2.10. The minimum atomic E-state index is -1.55. The number of carbonyl (C=O) groups excluding carboxylic acids is 4. The molecule has 0 aliphatic carbocycles. The monoisotopic (exact) mass is 455 g/mol. The van der Waals surface area contributed by atoms with E-state index in [1.54, 1.807) is 12.1 Å². The van der Waals surface area contributed by atoms with Gasteiger partial charge in [-0.25, -0.2) is 4.79 Å². The number of carboxylic acids is 1. The summed E-state index contributed by atoms with van der Waals surface area (Å²) < 4.78 is 0. The van der Waals surface area contributed by atoms with Crippen molar-refractivity contribution in [3.8, 4) is 5.75 Å². The summed E-state index contributed by atoms with van der Waals surface area (Å²) >= 11 is 3.94. The van der Waals surface area contributed by atoms with Crippen LogP contribution in [0.2, 0.25) is 0 Å². The van der Waals surface area contributed by atoms with Crippen molar-refractivity contribution in [1.29, 1.82) is 0 Å². The fourth-order valence-electron chi connectivity index (χ4n) is 2.39. The predicted octanol–water partition coefficient (Wildman–Crippen LogP) is -2.76. The van der Waals surface area contributed by atoms with Gasteiger partial charge in [-0.15, -0.1) is 0 Å². The zero-order valence-electron chi connectivity index (χ0n) is 16.4. The summed E-state index contributed by atoms with van der Waals surface area (Å²) in [6, 6.07) is 2.39. The first-order valence-electron chi connectivity index (χ1n) is 9.06. The van der Waals surface area contributed by atoms with Gasteiger partial charge in [-0.2, -0.15) is 12.6 Å². The van der Waals surface area contributed by atoms with E-state index in [2.05, 4.69) is 28.6 Å². The Morgan fingerprint density at radius 3 is 2.13 bits per heavy atom. The fourth-order valence-corrected chi connectivity index (χ4v) is 2.65. The molecule has 4 amide bonds. The minimum absolute atomic E-state index is 0.0746. The Labute approximate surface area is 183 Å². The van der Waals surface area contributed by atoms with Crippen molar-refractivity contribution >= 4 is 42.2 Å². The lowest BCUT2D eigenvalue weighted by molar-refractivity contribution is -0.143. The van der Waals surface area contributed by atoms with E-state index in [1.807, 2.05) is 0 Å². The highest BCUT2D eigenvalue weighted by molar-refractivity contribution is 7.80. The van der Waals surface area contributed by atoms with Crippen LogP contribution >= 0.6 is 12.6 Å². The van der Waals surface area contributed by atoms with E-state index in [0.717, 1.165) is 0 Å². The third kappa shape index (κ3) is 9.35. The van der Waals surface area contributed by atoms with Crippen molar-refractivity contribution < 1.29 is 34.2 Å². The molecule has 0 bridgehead atoms. The number of benzene rings is 1. The standard InChI is InChI=1S/C18H25N5O7S/c19-11(5-9-1-3-10(24)4-2-9)16(27)21-7-15(26)22-13(8-31)17(28)23-12(18(29)30)6-14(20)25/h1-4,11-13,24,31H,5-8,19H2,(H2,20,25)(H,21,27)(H,22,26)(H,23,28)(H,29,30). The first-order chi connectivity index (χ1) is 14.5. The SMILES string of the molecule is NC(=O)CC(NC(=O)C(CS)NC(=O)CNC(=O)C(N)Cc1ccc(O)cc1)C(=O)O. The molecule has 0 saturated carbocycles. The molecular formula is C18H25N5O7S. The number of hydrogen-bond donors (Lipinski definition) is 8. The number of nitrogens with one attached hydrogen (secondary N) is 3. The molecule has 0 radical (unpaired) electrons. The summed E-state index contributed by atoms with van der Waals surface area (Å²) in [6.07, 6.45) is -0.449. The maximum Gasteiger partial charge on any atom is 0.326 e. The third-order valence-corrected chi connectivity index (χ3v) is 4.37. The minimum Gasteiger partial charge on any atom is -0.508 e. The molecule has 0 aromatic heterocycles. The van der Waals surface area contributed by atoms with Gasteiger partial charge >= 0.3 is 5.97 Å². The molecule has 1 aromatic carbocycles. The summed E-state index contributed by atoms with van der Waals surface area (Å²) in [4.78, 5) is 58.3. The molecule has 1 rings (SSSR count). The molecule has 0 aliphatic rings. The highest BCUT2D eigenvalue weighted by Gasteiger charge is 2.27. The second-order valence-electron chi connectivity index (χ2n) is 6.57. The topological polar surface area (TPSA) is 214 Å². The maximum atomic E-state index is 12.2. The van der Waals surface area contributed by atoms with E-state index in [4.69, 9.17) is 16.6 Å². The molecule has 0 heterocycles. The predicted molar refractivity (Wildman–Crippen MR) is 112 cm³/mol. The molecule has 3 atom stereocenters. The number of amides is 4. The number of primary amides is 1. The van der Waals surface area contributed by atoms with Crippen LogP contribution in [0.15, 0.2) is 24.3 Å². The lowest BCUT2D eigenvalue weighted by atomic mass is 10.1. The number of phenolic OH excluding ortho intramolecular Hbond substituents is 1. The Kier molecular flexibility index (Phi) is 10.3. The van der Waals surface area contributed by atoms with E-state index in [9.17, 15) is 29.1 Å². The number of carbonyl (C=O) groups is 5. The van der Waals surface area contributed by atoms with Gasteiger partial charge in [-0.05, 0) is 24.1 Å². The van der Waals surface area contributed by atoms with Gasteiger partial charge in [-0.3, -0.25) is 19.2 Å². The van der Waals surface area contributed by atoms with Crippen LogP contribution in [0.4, 0.5) is 0 Å². The molecular weight excluding hydrogens is 430 g/mol. The zero-order valence-corrected chi connectivity index (χ0v) is 17.3. The van der Waals surface area contributed by atoms with Crippen molar-refractivity contribution in [3.63, 3.8) is 0 Å². The first kappa shape index (κ1) is 25.7. The molecule has 0 fully saturated rings. The van der Waals surface area contributed by atoms with Crippen LogP contribution < -0.4 is 27.4 Å². The zero-order chi connectivity index (χ0) is 23.6. The van der Waals surface area contributed by atoms with Crippen molar-refractivity contribution in [1.82, 2.24) is 16.0 Å². The molecule has 31 heavy (non-hydrogen) atoms. The fraction of sp³-hybridized carbons (Fsp3) is 0.389. The van der Waals surface area contributed by atoms with Gasteiger partial charge in [-0.1, -0.05) is 12.1 Å². The van der Waals surface area contributed by atoms with E-state index >= 15 is 0 Å². The van der Waals surface area contributed by atoms with Gasteiger partial charge in [0, 0.05) is 5.75 Å². The number of nitrogens with two attached hydrogens (primary N) is 2. The van der Waals surface area contributed by atoms with Crippen molar-refractivity contribution in [3.05, 3.63) is 29.8 Å². The molecule has 9 N–H and O–H groups in total. The first-order valence-corrected chi connectivity index (χ1v) is 9.69. The number of rotatable bonds is 12. The normalized spacial score (nSPS) is 13.4. The number of hydrogen-bond acceptors (Lipinski definition) is 8. The average molecular weight is 455 g/mol. The van der Waals surface area contributed by atoms with Gasteiger partial charge in [0.2, 0.25) is 23.6 Å². The highest BCUT2D eigenvalue weighted by atomic mass is 32.1. The van der Waals surface area contributed by atoms with E-state index in [1.165, 1.54) is 12.1 Å². The summed E-state index contributed by atoms with van der Waals surface area (Å²) in [5, 5.41) is 25.0. The molecule has 1 aromatic rings. The van der Waals surface area contributed by atoms with Crippen molar-refractivity contribution in [2.45, 2.75) is 31.0 Å². The van der Waals surface area contributed by atoms with Crippen LogP contribution in [0.5, 0.6) is 5.75 Å². The van der Waals surface area contributed by atoms with Crippen molar-refractivity contribution in [2.75, 3.05) is 12.3 Å². The second-order valence-corrected chi connectivity index (χ2v) is 6.93. The molecule has 0 aliphatic heterocycles. The van der Waals surface area contributed by atoms with Crippen LogP contribution in [-0.4, -0.2) is 70.2 Å². The lowest BCUT2D eigenvalue weighted by Gasteiger charge is -2.20.